The van der Waals surface area contributed by atoms with Gasteiger partial charge in [-0.1, -0.05) is 135 Å². The largest absolute Gasteiger partial charge is 0.0843 e. The molecule has 0 N–H and O–H groups in total. The van der Waals surface area contributed by atoms with Crippen molar-refractivity contribution in [1.82, 2.24) is 0 Å². The lowest BCUT2D eigenvalue weighted by molar-refractivity contribution is 0.563. The molecule has 0 amide bonds. The van der Waals surface area contributed by atoms with Gasteiger partial charge in [0.2, 0.25) is 0 Å². The van der Waals surface area contributed by atoms with Gasteiger partial charge in [0.05, 0.1) is 5.41 Å². The Morgan fingerprint density at radius 1 is 0.462 bits per heavy atom. The van der Waals surface area contributed by atoms with Gasteiger partial charge >= 0.3 is 0 Å². The highest BCUT2D eigenvalue weighted by Gasteiger charge is 2.53. The summed E-state index contributed by atoms with van der Waals surface area (Å²) in [5.74, 6) is 0. The van der Waals surface area contributed by atoms with Crippen molar-refractivity contribution < 1.29 is 0 Å². The van der Waals surface area contributed by atoms with E-state index in [4.69, 9.17) is 11.6 Å². The fourth-order valence-electron chi connectivity index (χ4n) is 7.53. The van der Waals surface area contributed by atoms with Crippen LogP contribution in [0.25, 0.3) is 33.0 Å². The van der Waals surface area contributed by atoms with Gasteiger partial charge in [-0.25, -0.2) is 0 Å². The van der Waals surface area contributed by atoms with E-state index in [0.717, 1.165) is 10.4 Å². The molecule has 0 heterocycles. The van der Waals surface area contributed by atoms with Gasteiger partial charge in [-0.2, -0.15) is 0 Å². The summed E-state index contributed by atoms with van der Waals surface area (Å²) in [6.45, 7) is 4.74. The van der Waals surface area contributed by atoms with Crippen molar-refractivity contribution in [2.75, 3.05) is 0 Å². The minimum atomic E-state index is -0.366. The lowest BCUT2D eigenvalue weighted by atomic mass is 9.55. The predicted octanol–water partition coefficient (Wildman–Crippen LogP) is 10.2. The lowest BCUT2D eigenvalue weighted by Crippen LogP contribution is -2.40. The van der Waals surface area contributed by atoms with E-state index in [0.29, 0.717) is 0 Å². The summed E-state index contributed by atoms with van der Waals surface area (Å²) in [5, 5.41) is 3.13. The topological polar surface area (TPSA) is 0 Å². The highest BCUT2D eigenvalue weighted by Crippen LogP contribution is 2.63. The first-order chi connectivity index (χ1) is 19.0. The normalized spacial score (nSPS) is 15.5. The molecule has 0 saturated carbocycles. The molecular formula is C38H27Cl. The molecule has 6 aromatic rings. The van der Waals surface area contributed by atoms with Crippen LogP contribution in [-0.4, -0.2) is 0 Å². The number of fused-ring (bicyclic) bond motifs is 10. The Labute approximate surface area is 234 Å². The van der Waals surface area contributed by atoms with Crippen LogP contribution in [-0.2, 0) is 10.8 Å². The van der Waals surface area contributed by atoms with Crippen LogP contribution in [0.3, 0.4) is 0 Å². The number of halogens is 1. The molecule has 186 valence electrons. The molecule has 8 rings (SSSR count). The first kappa shape index (κ1) is 22.8. The summed E-state index contributed by atoms with van der Waals surface area (Å²) in [6.07, 6.45) is 0. The molecule has 0 nitrogen and oxygen atoms in total. The Bertz CT molecular complexity index is 1910. The summed E-state index contributed by atoms with van der Waals surface area (Å²) < 4.78 is 0. The summed E-state index contributed by atoms with van der Waals surface area (Å²) in [6, 6.07) is 47.1. The summed E-state index contributed by atoms with van der Waals surface area (Å²) in [7, 11) is 0. The van der Waals surface area contributed by atoms with Gasteiger partial charge in [0.25, 0.3) is 0 Å². The summed E-state index contributed by atoms with van der Waals surface area (Å²) in [5.41, 5.74) is 13.0. The molecule has 0 bridgehead atoms. The van der Waals surface area contributed by atoms with E-state index in [1.165, 1.54) is 61.0 Å². The van der Waals surface area contributed by atoms with Gasteiger partial charge in [-0.3, -0.25) is 0 Å². The second-order valence-corrected chi connectivity index (χ2v) is 11.9. The fraction of sp³-hybridized carbons (Fsp3) is 0.105. The fourth-order valence-corrected chi connectivity index (χ4v) is 7.71. The van der Waals surface area contributed by atoms with Crippen LogP contribution in [0.5, 0.6) is 0 Å². The SMILES string of the molecule is CC1(C)c2ccccc2C2(c3ccccc3-c3c(-c4ccc5cc(Cl)ccc5c4)cccc32)c2ccccc21. The molecule has 0 radical (unpaired) electrons. The molecule has 0 atom stereocenters. The Morgan fingerprint density at radius 3 is 1.72 bits per heavy atom. The van der Waals surface area contributed by atoms with Crippen LogP contribution in [0.4, 0.5) is 0 Å². The molecule has 2 aliphatic rings. The molecule has 6 aromatic carbocycles. The number of rotatable bonds is 1. The Balaban J connectivity index is 1.51. The minimum absolute atomic E-state index is 0.0899. The van der Waals surface area contributed by atoms with Gasteiger partial charge in [0.1, 0.15) is 0 Å². The van der Waals surface area contributed by atoms with E-state index in [2.05, 4.69) is 129 Å². The standard InChI is InChI=1S/C38H27Cl/c1-37(2)31-13-5-7-15-33(31)38(34-16-8-6-14-32(34)37)30-12-4-3-10-29(30)36-28(11-9-17-35(36)38)26-19-18-25-23-27(39)21-20-24(25)22-26/h3-23H,1-2H3. The second-order valence-electron chi connectivity index (χ2n) is 11.4. The third-order valence-corrected chi connectivity index (χ3v) is 9.43. The van der Waals surface area contributed by atoms with E-state index in [1.54, 1.807) is 0 Å². The minimum Gasteiger partial charge on any atom is -0.0843 e. The molecule has 0 saturated heterocycles. The van der Waals surface area contributed by atoms with Crippen LogP contribution >= 0.6 is 11.6 Å². The van der Waals surface area contributed by atoms with Gasteiger partial charge < -0.3 is 0 Å². The first-order valence-electron chi connectivity index (χ1n) is 13.6. The third kappa shape index (κ3) is 2.90. The van der Waals surface area contributed by atoms with Crippen molar-refractivity contribution in [2.24, 2.45) is 0 Å². The average Bonchev–Trinajstić information content (AvgIpc) is 3.27. The van der Waals surface area contributed by atoms with Gasteiger partial charge in [0, 0.05) is 10.4 Å². The van der Waals surface area contributed by atoms with Crippen molar-refractivity contribution in [1.29, 1.82) is 0 Å². The highest BCUT2D eigenvalue weighted by atomic mass is 35.5. The van der Waals surface area contributed by atoms with Crippen LogP contribution in [0.15, 0.2) is 127 Å². The zero-order valence-corrected chi connectivity index (χ0v) is 22.8. The van der Waals surface area contributed by atoms with Gasteiger partial charge in [-0.15, -0.1) is 0 Å². The maximum Gasteiger partial charge on any atom is 0.0719 e. The summed E-state index contributed by atoms with van der Waals surface area (Å²) in [4.78, 5) is 0. The molecule has 0 aliphatic heterocycles. The van der Waals surface area contributed by atoms with Crippen molar-refractivity contribution in [3.8, 4) is 22.3 Å². The van der Waals surface area contributed by atoms with Crippen molar-refractivity contribution >= 4 is 22.4 Å². The number of hydrogen-bond acceptors (Lipinski definition) is 0. The smallest absolute Gasteiger partial charge is 0.0719 e. The number of hydrogen-bond donors (Lipinski definition) is 0. The van der Waals surface area contributed by atoms with E-state index in [9.17, 15) is 0 Å². The first-order valence-corrected chi connectivity index (χ1v) is 14.0. The molecule has 1 spiro atoms. The Hall–Kier alpha value is -4.13. The summed E-state index contributed by atoms with van der Waals surface area (Å²) >= 11 is 6.29. The van der Waals surface area contributed by atoms with Crippen molar-refractivity contribution in [3.63, 3.8) is 0 Å². The second kappa shape index (κ2) is 7.94. The van der Waals surface area contributed by atoms with Gasteiger partial charge in [-0.05, 0) is 84.6 Å². The average molecular weight is 519 g/mol. The monoisotopic (exact) mass is 518 g/mol. The molecular weight excluding hydrogens is 492 g/mol. The van der Waals surface area contributed by atoms with E-state index >= 15 is 0 Å². The molecule has 0 unspecified atom stereocenters. The lowest BCUT2D eigenvalue weighted by Gasteiger charge is -2.46. The highest BCUT2D eigenvalue weighted by molar-refractivity contribution is 6.31. The van der Waals surface area contributed by atoms with Crippen LogP contribution in [0.1, 0.15) is 47.2 Å². The van der Waals surface area contributed by atoms with E-state index in [1.807, 2.05) is 12.1 Å². The Kier molecular flexibility index (Phi) is 4.65. The molecule has 39 heavy (non-hydrogen) atoms. The van der Waals surface area contributed by atoms with Gasteiger partial charge in [0.15, 0.2) is 0 Å². The zero-order chi connectivity index (χ0) is 26.4. The molecule has 2 aliphatic carbocycles. The molecule has 1 heteroatoms. The maximum absolute atomic E-state index is 6.29. The van der Waals surface area contributed by atoms with Crippen LogP contribution < -0.4 is 0 Å². The van der Waals surface area contributed by atoms with Crippen molar-refractivity contribution in [3.05, 3.63) is 166 Å². The molecule has 0 fully saturated rings. The third-order valence-electron chi connectivity index (χ3n) is 9.19. The molecule has 0 aromatic heterocycles. The van der Waals surface area contributed by atoms with Crippen LogP contribution in [0, 0.1) is 0 Å². The predicted molar refractivity (Wildman–Crippen MR) is 164 cm³/mol. The Morgan fingerprint density at radius 2 is 1.00 bits per heavy atom. The van der Waals surface area contributed by atoms with E-state index < -0.39 is 0 Å². The van der Waals surface area contributed by atoms with Crippen molar-refractivity contribution in [2.45, 2.75) is 24.7 Å². The zero-order valence-electron chi connectivity index (χ0n) is 22.0. The maximum atomic E-state index is 6.29. The van der Waals surface area contributed by atoms with Crippen LogP contribution in [0.2, 0.25) is 5.02 Å². The number of benzene rings is 6. The quantitative estimate of drug-likeness (QED) is 0.203. The van der Waals surface area contributed by atoms with E-state index in [-0.39, 0.29) is 10.8 Å².